The van der Waals surface area contributed by atoms with Gasteiger partial charge in [-0.1, -0.05) is 17.2 Å². The van der Waals surface area contributed by atoms with Gasteiger partial charge in [0.1, 0.15) is 17.1 Å². The largest absolute Gasteiger partial charge is 0.423 e. The Hall–Kier alpha value is -2.08. The lowest BCUT2D eigenvalue weighted by molar-refractivity contribution is 0.433. The van der Waals surface area contributed by atoms with Crippen molar-refractivity contribution in [3.63, 3.8) is 0 Å². The van der Waals surface area contributed by atoms with Gasteiger partial charge < -0.3 is 4.74 Å². The molecular formula is C13H7BrFN3O. The molecule has 0 atom stereocenters. The number of rotatable bonds is 2. The molecule has 0 unspecified atom stereocenters. The van der Waals surface area contributed by atoms with Crippen LogP contribution in [0.3, 0.4) is 0 Å². The first-order chi connectivity index (χ1) is 9.22. The maximum absolute atomic E-state index is 13.4. The standard InChI is InChI=1S/C13H7BrFN3O/c14-9-6-5-8(7-10(9)15)19-13-16-11-3-1-2-4-12(11)17-18-13/h1-7H. The first-order valence-electron chi connectivity index (χ1n) is 5.45. The third-order valence-electron chi connectivity index (χ3n) is 2.44. The molecule has 0 saturated carbocycles. The van der Waals surface area contributed by atoms with Crippen molar-refractivity contribution >= 4 is 27.0 Å². The Kier molecular flexibility index (Phi) is 3.08. The molecule has 0 aliphatic rings. The summed E-state index contributed by atoms with van der Waals surface area (Å²) in [5, 5.41) is 7.81. The molecule has 0 aliphatic heterocycles. The van der Waals surface area contributed by atoms with Crippen molar-refractivity contribution in [1.29, 1.82) is 0 Å². The lowest BCUT2D eigenvalue weighted by Gasteiger charge is -2.04. The van der Waals surface area contributed by atoms with Gasteiger partial charge in [0.05, 0.1) is 9.99 Å². The van der Waals surface area contributed by atoms with E-state index in [0.29, 0.717) is 21.3 Å². The fraction of sp³-hybridized carbons (Fsp3) is 0. The molecule has 3 rings (SSSR count). The monoisotopic (exact) mass is 319 g/mol. The molecule has 4 nitrogen and oxygen atoms in total. The van der Waals surface area contributed by atoms with Gasteiger partial charge in [-0.05, 0) is 40.2 Å². The molecule has 0 saturated heterocycles. The van der Waals surface area contributed by atoms with Crippen molar-refractivity contribution in [2.45, 2.75) is 0 Å². The van der Waals surface area contributed by atoms with Crippen LogP contribution in [0, 0.1) is 5.82 Å². The Morgan fingerprint density at radius 1 is 1.00 bits per heavy atom. The van der Waals surface area contributed by atoms with E-state index < -0.39 is 5.82 Å². The minimum atomic E-state index is -0.411. The summed E-state index contributed by atoms with van der Waals surface area (Å²) in [6.07, 6.45) is 0. The van der Waals surface area contributed by atoms with E-state index in [9.17, 15) is 4.39 Å². The number of hydrogen-bond acceptors (Lipinski definition) is 4. The summed E-state index contributed by atoms with van der Waals surface area (Å²) in [5.41, 5.74) is 1.35. The summed E-state index contributed by atoms with van der Waals surface area (Å²) < 4.78 is 19.1. The van der Waals surface area contributed by atoms with E-state index in [0.717, 1.165) is 0 Å². The molecule has 0 radical (unpaired) electrons. The third-order valence-corrected chi connectivity index (χ3v) is 3.08. The van der Waals surface area contributed by atoms with Gasteiger partial charge in [-0.2, -0.15) is 4.98 Å². The average molecular weight is 320 g/mol. The number of aromatic nitrogens is 3. The second-order valence-corrected chi connectivity index (χ2v) is 4.62. The molecular weight excluding hydrogens is 313 g/mol. The lowest BCUT2D eigenvalue weighted by Crippen LogP contribution is -1.95. The molecule has 19 heavy (non-hydrogen) atoms. The van der Waals surface area contributed by atoms with Crippen LogP contribution >= 0.6 is 15.9 Å². The number of nitrogens with zero attached hydrogens (tertiary/aromatic N) is 3. The van der Waals surface area contributed by atoms with Gasteiger partial charge in [-0.3, -0.25) is 0 Å². The fourth-order valence-electron chi connectivity index (χ4n) is 1.55. The fourth-order valence-corrected chi connectivity index (χ4v) is 1.80. The Morgan fingerprint density at radius 2 is 1.79 bits per heavy atom. The molecule has 0 fully saturated rings. The number of fused-ring (bicyclic) bond motifs is 1. The predicted molar refractivity (Wildman–Crippen MR) is 71.5 cm³/mol. The highest BCUT2D eigenvalue weighted by atomic mass is 79.9. The van der Waals surface area contributed by atoms with Gasteiger partial charge >= 0.3 is 6.01 Å². The highest BCUT2D eigenvalue weighted by Gasteiger charge is 2.06. The molecule has 0 aliphatic carbocycles. The van der Waals surface area contributed by atoms with Crippen LogP contribution in [0.25, 0.3) is 11.0 Å². The number of halogens is 2. The zero-order chi connectivity index (χ0) is 13.2. The maximum atomic E-state index is 13.4. The smallest absolute Gasteiger partial charge is 0.341 e. The van der Waals surface area contributed by atoms with Gasteiger partial charge in [-0.15, -0.1) is 5.10 Å². The Labute approximate surface area is 116 Å². The van der Waals surface area contributed by atoms with Gasteiger partial charge in [-0.25, -0.2) is 4.39 Å². The Balaban J connectivity index is 1.94. The summed E-state index contributed by atoms with van der Waals surface area (Å²) in [6, 6.07) is 11.8. The van der Waals surface area contributed by atoms with E-state index in [4.69, 9.17) is 4.74 Å². The predicted octanol–water partition coefficient (Wildman–Crippen LogP) is 3.72. The molecule has 0 bridgehead atoms. The highest BCUT2D eigenvalue weighted by Crippen LogP contribution is 2.24. The van der Waals surface area contributed by atoms with Gasteiger partial charge in [0.15, 0.2) is 0 Å². The molecule has 1 aromatic heterocycles. The summed E-state index contributed by atoms with van der Waals surface area (Å²) in [4.78, 5) is 4.19. The average Bonchev–Trinajstić information content (AvgIpc) is 2.43. The highest BCUT2D eigenvalue weighted by molar-refractivity contribution is 9.10. The van der Waals surface area contributed by atoms with Crippen LogP contribution in [0.5, 0.6) is 11.8 Å². The van der Waals surface area contributed by atoms with E-state index in [1.807, 2.05) is 12.1 Å². The van der Waals surface area contributed by atoms with Crippen LogP contribution in [-0.2, 0) is 0 Å². The van der Waals surface area contributed by atoms with Gasteiger partial charge in [0.25, 0.3) is 0 Å². The van der Waals surface area contributed by atoms with Gasteiger partial charge in [0.2, 0.25) is 0 Å². The van der Waals surface area contributed by atoms with Crippen LogP contribution in [0.4, 0.5) is 4.39 Å². The Morgan fingerprint density at radius 3 is 2.58 bits per heavy atom. The minimum Gasteiger partial charge on any atom is -0.423 e. The van der Waals surface area contributed by atoms with Crippen molar-refractivity contribution in [3.8, 4) is 11.8 Å². The van der Waals surface area contributed by atoms with E-state index in [1.165, 1.54) is 6.07 Å². The first-order valence-corrected chi connectivity index (χ1v) is 6.24. The number of hydrogen-bond donors (Lipinski definition) is 0. The van der Waals surface area contributed by atoms with Crippen LogP contribution in [0.15, 0.2) is 46.9 Å². The van der Waals surface area contributed by atoms with Crippen LogP contribution in [0.1, 0.15) is 0 Å². The second kappa shape index (κ2) is 4.89. The van der Waals surface area contributed by atoms with Crippen LogP contribution in [0.2, 0.25) is 0 Å². The number of ether oxygens (including phenoxy) is 1. The van der Waals surface area contributed by atoms with E-state index in [2.05, 4.69) is 31.1 Å². The molecule has 3 aromatic rings. The third kappa shape index (κ3) is 2.53. The quantitative estimate of drug-likeness (QED) is 0.722. The normalized spacial score (nSPS) is 10.6. The first kappa shape index (κ1) is 12.0. The van der Waals surface area contributed by atoms with E-state index in [1.54, 1.807) is 24.3 Å². The summed E-state index contributed by atoms with van der Waals surface area (Å²) >= 11 is 3.07. The summed E-state index contributed by atoms with van der Waals surface area (Å²) in [6.45, 7) is 0. The van der Waals surface area contributed by atoms with Crippen molar-refractivity contribution in [1.82, 2.24) is 15.2 Å². The Bertz CT molecular complexity index is 751. The molecule has 0 spiro atoms. The topological polar surface area (TPSA) is 47.9 Å². The molecule has 94 valence electrons. The molecule has 0 amide bonds. The van der Waals surface area contributed by atoms with Crippen molar-refractivity contribution in [2.24, 2.45) is 0 Å². The van der Waals surface area contributed by atoms with Crippen LogP contribution in [-0.4, -0.2) is 15.2 Å². The minimum absolute atomic E-state index is 0.0837. The van der Waals surface area contributed by atoms with Gasteiger partial charge in [0, 0.05) is 6.07 Å². The van der Waals surface area contributed by atoms with E-state index >= 15 is 0 Å². The number of benzene rings is 2. The second-order valence-electron chi connectivity index (χ2n) is 3.76. The molecule has 0 N–H and O–H groups in total. The van der Waals surface area contributed by atoms with Crippen LogP contribution < -0.4 is 4.74 Å². The molecule has 6 heteroatoms. The van der Waals surface area contributed by atoms with Crippen molar-refractivity contribution < 1.29 is 9.13 Å². The number of para-hydroxylation sites is 1. The maximum Gasteiger partial charge on any atom is 0.341 e. The molecule has 1 heterocycles. The van der Waals surface area contributed by atoms with E-state index in [-0.39, 0.29) is 6.01 Å². The van der Waals surface area contributed by atoms with Crippen molar-refractivity contribution in [3.05, 3.63) is 52.8 Å². The summed E-state index contributed by atoms with van der Waals surface area (Å²) in [5.74, 6) is -0.0935. The summed E-state index contributed by atoms with van der Waals surface area (Å²) in [7, 11) is 0. The SMILES string of the molecule is Fc1cc(Oc2nnc3ccccc3n2)ccc1Br. The zero-order valence-corrected chi connectivity index (χ0v) is 11.1. The van der Waals surface area contributed by atoms with Crippen molar-refractivity contribution in [2.75, 3.05) is 0 Å². The lowest BCUT2D eigenvalue weighted by atomic mass is 10.3. The molecule has 2 aromatic carbocycles. The zero-order valence-electron chi connectivity index (χ0n) is 9.55.